The number of thiazole rings is 1. The highest BCUT2D eigenvalue weighted by Crippen LogP contribution is 2.25. The van der Waals surface area contributed by atoms with E-state index in [0.29, 0.717) is 18.9 Å². The fourth-order valence-corrected chi connectivity index (χ4v) is 3.85. The molecule has 7 heteroatoms. The van der Waals surface area contributed by atoms with E-state index in [1.807, 2.05) is 12.4 Å². The first kappa shape index (κ1) is 17.3. The molecule has 0 amide bonds. The molecule has 0 N–H and O–H groups in total. The predicted octanol–water partition coefficient (Wildman–Crippen LogP) is 3.74. The van der Waals surface area contributed by atoms with Gasteiger partial charge in [-0.1, -0.05) is 12.1 Å². The molecule has 4 rings (SSSR count). The molecule has 1 saturated heterocycles. The van der Waals surface area contributed by atoms with E-state index in [4.69, 9.17) is 9.15 Å². The van der Waals surface area contributed by atoms with Crippen LogP contribution in [-0.2, 0) is 17.7 Å². The predicted molar refractivity (Wildman–Crippen MR) is 96.5 cm³/mol. The Labute approximate surface area is 155 Å². The average molecular weight is 373 g/mol. The Kier molecular flexibility index (Phi) is 5.10. The largest absolute Gasteiger partial charge is 0.442 e. The number of aromatic nitrogens is 2. The monoisotopic (exact) mass is 373 g/mol. The highest BCUT2D eigenvalue weighted by atomic mass is 32.1. The third-order valence-electron chi connectivity index (χ3n) is 4.50. The van der Waals surface area contributed by atoms with E-state index < -0.39 is 0 Å². The lowest BCUT2D eigenvalue weighted by atomic mass is 10.1. The van der Waals surface area contributed by atoms with Crippen molar-refractivity contribution in [1.29, 1.82) is 0 Å². The second-order valence-corrected chi connectivity index (χ2v) is 7.36. The summed E-state index contributed by atoms with van der Waals surface area (Å²) in [6, 6.07) is 6.42. The number of morpholine rings is 1. The van der Waals surface area contributed by atoms with E-state index in [-0.39, 0.29) is 11.9 Å². The molecule has 0 saturated carbocycles. The molecule has 1 aliphatic heterocycles. The van der Waals surface area contributed by atoms with Gasteiger partial charge in [-0.2, -0.15) is 0 Å². The summed E-state index contributed by atoms with van der Waals surface area (Å²) in [4.78, 5) is 12.3. The van der Waals surface area contributed by atoms with Crippen molar-refractivity contribution in [2.45, 2.75) is 26.0 Å². The Bertz CT molecular complexity index is 862. The smallest absolute Gasteiger partial charge is 0.224 e. The van der Waals surface area contributed by atoms with Crippen molar-refractivity contribution in [3.63, 3.8) is 0 Å². The second-order valence-electron chi connectivity index (χ2n) is 6.42. The Hall–Kier alpha value is -2.09. The van der Waals surface area contributed by atoms with Crippen molar-refractivity contribution in [3.8, 4) is 0 Å². The molecule has 1 atom stereocenters. The first-order valence-electron chi connectivity index (χ1n) is 8.59. The standard InChI is InChI=1S/C19H20FN3O2S/c1-13-18(26-12-22-13)11-23-6-7-24-17(10-23)19-21-9-16(25-19)8-14-2-4-15(20)5-3-14/h2-5,9,12,17H,6-8,10-11H2,1H3/t17-/m1/s1. The molecule has 0 spiro atoms. The summed E-state index contributed by atoms with van der Waals surface area (Å²) in [5.41, 5.74) is 3.97. The lowest BCUT2D eigenvalue weighted by Gasteiger charge is -2.31. The lowest BCUT2D eigenvalue weighted by Crippen LogP contribution is -2.37. The molecule has 26 heavy (non-hydrogen) atoms. The summed E-state index contributed by atoms with van der Waals surface area (Å²) < 4.78 is 24.8. The molecule has 136 valence electrons. The summed E-state index contributed by atoms with van der Waals surface area (Å²) in [7, 11) is 0. The van der Waals surface area contributed by atoms with Gasteiger partial charge in [0.2, 0.25) is 5.89 Å². The maximum Gasteiger partial charge on any atom is 0.224 e. The molecule has 1 fully saturated rings. The number of nitrogens with zero attached hydrogens (tertiary/aromatic N) is 3. The van der Waals surface area contributed by atoms with Gasteiger partial charge in [0.15, 0.2) is 0 Å². The van der Waals surface area contributed by atoms with Gasteiger partial charge in [-0.05, 0) is 24.6 Å². The molecule has 3 aromatic rings. The third kappa shape index (κ3) is 4.00. The van der Waals surface area contributed by atoms with Crippen molar-refractivity contribution in [1.82, 2.24) is 14.9 Å². The number of hydrogen-bond acceptors (Lipinski definition) is 6. The van der Waals surface area contributed by atoms with Crippen LogP contribution in [0.4, 0.5) is 4.39 Å². The minimum absolute atomic E-state index is 0.168. The number of ether oxygens (including phenoxy) is 1. The molecule has 5 nitrogen and oxygen atoms in total. The third-order valence-corrected chi connectivity index (χ3v) is 5.42. The fourth-order valence-electron chi connectivity index (χ4n) is 3.03. The zero-order chi connectivity index (χ0) is 17.9. The van der Waals surface area contributed by atoms with E-state index in [2.05, 4.69) is 14.9 Å². The molecular weight excluding hydrogens is 353 g/mol. The van der Waals surface area contributed by atoms with Crippen LogP contribution in [0.2, 0.25) is 0 Å². The van der Waals surface area contributed by atoms with Crippen LogP contribution in [0.5, 0.6) is 0 Å². The van der Waals surface area contributed by atoms with Crippen LogP contribution in [0.1, 0.15) is 33.9 Å². The van der Waals surface area contributed by atoms with Gasteiger partial charge in [0.25, 0.3) is 0 Å². The topological polar surface area (TPSA) is 51.4 Å². The Morgan fingerprint density at radius 1 is 1.27 bits per heavy atom. The molecule has 0 radical (unpaired) electrons. The zero-order valence-corrected chi connectivity index (χ0v) is 15.3. The van der Waals surface area contributed by atoms with Crippen molar-refractivity contribution in [3.05, 3.63) is 69.6 Å². The van der Waals surface area contributed by atoms with Gasteiger partial charge in [-0.3, -0.25) is 4.90 Å². The van der Waals surface area contributed by atoms with Gasteiger partial charge < -0.3 is 9.15 Å². The van der Waals surface area contributed by atoms with E-state index in [1.165, 1.54) is 17.0 Å². The van der Waals surface area contributed by atoms with Crippen molar-refractivity contribution < 1.29 is 13.5 Å². The van der Waals surface area contributed by atoms with E-state index in [1.54, 1.807) is 29.7 Å². The van der Waals surface area contributed by atoms with Gasteiger partial charge in [-0.25, -0.2) is 14.4 Å². The Morgan fingerprint density at radius 2 is 2.12 bits per heavy atom. The highest BCUT2D eigenvalue weighted by molar-refractivity contribution is 7.09. The SMILES string of the molecule is Cc1ncsc1CN1CCO[C@@H](c2ncc(Cc3ccc(F)cc3)o2)C1. The summed E-state index contributed by atoms with van der Waals surface area (Å²) >= 11 is 1.69. The van der Waals surface area contributed by atoms with E-state index in [9.17, 15) is 4.39 Å². The number of hydrogen-bond donors (Lipinski definition) is 0. The van der Waals surface area contributed by atoms with Crippen LogP contribution in [0.3, 0.4) is 0 Å². The zero-order valence-electron chi connectivity index (χ0n) is 14.5. The van der Waals surface area contributed by atoms with E-state index >= 15 is 0 Å². The molecular formula is C19H20FN3O2S. The maximum atomic E-state index is 13.0. The van der Waals surface area contributed by atoms with Gasteiger partial charge in [0.05, 0.1) is 24.0 Å². The molecule has 0 aliphatic carbocycles. The highest BCUT2D eigenvalue weighted by Gasteiger charge is 2.26. The number of rotatable bonds is 5. The number of aryl methyl sites for hydroxylation is 1. The van der Waals surface area contributed by atoms with Crippen LogP contribution in [0.25, 0.3) is 0 Å². The molecule has 1 aromatic carbocycles. The van der Waals surface area contributed by atoms with Gasteiger partial charge in [0.1, 0.15) is 17.7 Å². The van der Waals surface area contributed by atoms with Crippen LogP contribution in [0.15, 0.2) is 40.4 Å². The number of benzene rings is 1. The molecule has 2 aromatic heterocycles. The Morgan fingerprint density at radius 3 is 2.88 bits per heavy atom. The van der Waals surface area contributed by atoms with E-state index in [0.717, 1.165) is 36.7 Å². The quantitative estimate of drug-likeness (QED) is 0.682. The maximum absolute atomic E-state index is 13.0. The minimum Gasteiger partial charge on any atom is -0.442 e. The summed E-state index contributed by atoms with van der Waals surface area (Å²) in [5, 5.41) is 0. The number of oxazole rings is 1. The summed E-state index contributed by atoms with van der Waals surface area (Å²) in [5.74, 6) is 1.12. The Balaban J connectivity index is 1.40. The molecule has 3 heterocycles. The normalized spacial score (nSPS) is 18.3. The van der Waals surface area contributed by atoms with Crippen LogP contribution < -0.4 is 0 Å². The fraction of sp³-hybridized carbons (Fsp3) is 0.368. The minimum atomic E-state index is -0.237. The lowest BCUT2D eigenvalue weighted by molar-refractivity contribution is -0.0454. The molecule has 0 unspecified atom stereocenters. The number of halogens is 1. The van der Waals surface area contributed by atoms with Crippen molar-refractivity contribution >= 4 is 11.3 Å². The molecule has 1 aliphatic rings. The average Bonchev–Trinajstić information content (AvgIpc) is 3.27. The van der Waals surface area contributed by atoms with Crippen molar-refractivity contribution in [2.75, 3.05) is 19.7 Å². The van der Waals surface area contributed by atoms with Crippen LogP contribution in [0, 0.1) is 12.7 Å². The molecule has 0 bridgehead atoms. The summed E-state index contributed by atoms with van der Waals surface area (Å²) in [6.45, 7) is 5.20. The van der Waals surface area contributed by atoms with Gasteiger partial charge >= 0.3 is 0 Å². The summed E-state index contributed by atoms with van der Waals surface area (Å²) in [6.07, 6.45) is 2.15. The van der Waals surface area contributed by atoms with Crippen LogP contribution in [-0.4, -0.2) is 34.6 Å². The van der Waals surface area contributed by atoms with Crippen molar-refractivity contribution in [2.24, 2.45) is 0 Å². The first-order chi connectivity index (χ1) is 12.7. The first-order valence-corrected chi connectivity index (χ1v) is 9.47. The van der Waals surface area contributed by atoms with Gasteiger partial charge in [0, 0.05) is 30.9 Å². The van der Waals surface area contributed by atoms with Crippen LogP contribution >= 0.6 is 11.3 Å². The second kappa shape index (κ2) is 7.65. The van der Waals surface area contributed by atoms with Gasteiger partial charge in [-0.15, -0.1) is 11.3 Å².